The molecular weight excluding hydrogens is 634 g/mol. The monoisotopic (exact) mass is 673 g/mol. The molecule has 46 heavy (non-hydrogen) atoms. The molecule has 2 aromatic heterocycles. The van der Waals surface area contributed by atoms with E-state index in [9.17, 15) is 19.2 Å². The largest absolute Gasteiger partial charge is 0.511 e. The van der Waals surface area contributed by atoms with Gasteiger partial charge in [-0.15, -0.1) is 11.3 Å². The van der Waals surface area contributed by atoms with Crippen molar-refractivity contribution in [1.82, 2.24) is 15.5 Å². The number of urea groups is 1. The van der Waals surface area contributed by atoms with Gasteiger partial charge in [0.25, 0.3) is 0 Å². The van der Waals surface area contributed by atoms with E-state index in [1.165, 1.54) is 6.92 Å². The predicted molar refractivity (Wildman–Crippen MR) is 171 cm³/mol. The van der Waals surface area contributed by atoms with Crippen LogP contribution in [0.25, 0.3) is 0 Å². The summed E-state index contributed by atoms with van der Waals surface area (Å²) in [6.45, 7) is 6.00. The molecule has 3 aromatic rings. The fraction of sp³-hybridized carbons (Fsp3) is 0.438. The number of fused-ring (bicyclic) bond motifs is 1. The standard InChI is InChI=1S/C32H39N3O9S2/c1-4-6-9-25(30(37)35(17-22-12-14-45-19-22)18-24-8-7-13-46-24)33-31(38)34-26(23-10-11-27-28(15-23)42-20-41-27)16-29(36)43-21(3)44-32(39)40-5-2/h7-8,10-15,19,21,25-26H,4-6,9,16-18,20H2,1-3H3,(H2,33,34,38)/t21?,25-,26-/m0/s1. The van der Waals surface area contributed by atoms with Crippen LogP contribution in [0.15, 0.2) is 52.5 Å². The Kier molecular flexibility index (Phi) is 13.1. The number of rotatable bonds is 16. The first-order valence-corrected chi connectivity index (χ1v) is 16.9. The molecule has 1 aliphatic rings. The van der Waals surface area contributed by atoms with Crippen LogP contribution in [-0.2, 0) is 36.9 Å². The van der Waals surface area contributed by atoms with Gasteiger partial charge in [-0.3, -0.25) is 9.59 Å². The van der Waals surface area contributed by atoms with Crippen LogP contribution in [0.2, 0.25) is 0 Å². The van der Waals surface area contributed by atoms with Crippen molar-refractivity contribution in [2.45, 2.75) is 77.9 Å². The molecule has 4 rings (SSSR count). The number of benzene rings is 1. The first-order valence-electron chi connectivity index (χ1n) is 15.1. The molecule has 1 aromatic carbocycles. The van der Waals surface area contributed by atoms with Crippen molar-refractivity contribution >= 4 is 46.7 Å². The maximum Gasteiger partial charge on any atom is 0.511 e. The van der Waals surface area contributed by atoms with Crippen LogP contribution in [0.3, 0.4) is 0 Å². The quantitative estimate of drug-likeness (QED) is 0.136. The number of esters is 1. The second kappa shape index (κ2) is 17.4. The Bertz CT molecular complexity index is 1400. The second-order valence-electron chi connectivity index (χ2n) is 10.4. The van der Waals surface area contributed by atoms with Gasteiger partial charge in [-0.05, 0) is 64.9 Å². The molecule has 3 atom stereocenters. The van der Waals surface area contributed by atoms with Gasteiger partial charge in [0.2, 0.25) is 19.0 Å². The summed E-state index contributed by atoms with van der Waals surface area (Å²) in [5.41, 5.74) is 1.56. The minimum atomic E-state index is -1.22. The van der Waals surface area contributed by atoms with Gasteiger partial charge in [-0.2, -0.15) is 11.3 Å². The molecule has 248 valence electrons. The van der Waals surface area contributed by atoms with E-state index < -0.39 is 36.5 Å². The summed E-state index contributed by atoms with van der Waals surface area (Å²) in [7, 11) is 0. The number of nitrogens with zero attached hydrogens (tertiary/aromatic N) is 1. The molecule has 14 heteroatoms. The Balaban J connectivity index is 1.49. The van der Waals surface area contributed by atoms with Crippen molar-refractivity contribution in [2.24, 2.45) is 0 Å². The average molecular weight is 674 g/mol. The highest BCUT2D eigenvalue weighted by Gasteiger charge is 2.29. The number of amides is 3. The van der Waals surface area contributed by atoms with E-state index in [2.05, 4.69) is 10.6 Å². The SMILES string of the molecule is CCCC[C@H](NC(=O)N[C@@H](CC(=O)OC(C)OC(=O)OCC)c1ccc2c(c1)OCO2)C(=O)N(Cc1ccsc1)Cc1cccs1. The number of hydrogen-bond donors (Lipinski definition) is 2. The maximum atomic E-state index is 14.0. The smallest absolute Gasteiger partial charge is 0.454 e. The van der Waals surface area contributed by atoms with Crippen LogP contribution >= 0.6 is 22.7 Å². The topological polar surface area (TPSA) is 142 Å². The maximum absolute atomic E-state index is 14.0. The Hall–Kier alpha value is -4.30. The number of unbranched alkanes of at least 4 members (excludes halogenated alkanes) is 1. The van der Waals surface area contributed by atoms with Gasteiger partial charge in [0, 0.05) is 18.3 Å². The molecule has 0 fully saturated rings. The zero-order valence-corrected chi connectivity index (χ0v) is 27.7. The molecule has 0 bridgehead atoms. The van der Waals surface area contributed by atoms with Crippen LogP contribution < -0.4 is 20.1 Å². The molecule has 0 radical (unpaired) electrons. The van der Waals surface area contributed by atoms with Gasteiger partial charge in [-0.25, -0.2) is 9.59 Å². The van der Waals surface area contributed by atoms with Gasteiger partial charge >= 0.3 is 18.2 Å². The van der Waals surface area contributed by atoms with E-state index in [1.807, 2.05) is 41.3 Å². The molecule has 3 heterocycles. The number of thiophene rings is 2. The molecule has 0 saturated carbocycles. The first-order chi connectivity index (χ1) is 22.2. The van der Waals surface area contributed by atoms with Crippen LogP contribution in [0.5, 0.6) is 11.5 Å². The van der Waals surface area contributed by atoms with Crippen molar-refractivity contribution in [2.75, 3.05) is 13.4 Å². The van der Waals surface area contributed by atoms with Crippen LogP contribution in [0.1, 0.15) is 68.5 Å². The Morgan fingerprint density at radius 1 is 1.00 bits per heavy atom. The van der Waals surface area contributed by atoms with E-state index in [4.69, 9.17) is 23.7 Å². The van der Waals surface area contributed by atoms with E-state index in [1.54, 1.807) is 52.7 Å². The van der Waals surface area contributed by atoms with E-state index in [0.29, 0.717) is 36.6 Å². The molecular formula is C32H39N3O9S2. The lowest BCUT2D eigenvalue weighted by molar-refractivity contribution is -0.168. The molecule has 0 aliphatic carbocycles. The molecule has 12 nitrogen and oxygen atoms in total. The number of nitrogens with one attached hydrogen (secondary N) is 2. The Morgan fingerprint density at radius 2 is 1.83 bits per heavy atom. The summed E-state index contributed by atoms with van der Waals surface area (Å²) in [6.07, 6.45) is -0.501. The lowest BCUT2D eigenvalue weighted by Crippen LogP contribution is -2.51. The zero-order valence-electron chi connectivity index (χ0n) is 26.0. The summed E-state index contributed by atoms with van der Waals surface area (Å²) >= 11 is 3.12. The van der Waals surface area contributed by atoms with Crippen LogP contribution in [0, 0.1) is 0 Å². The molecule has 0 saturated heterocycles. The summed E-state index contributed by atoms with van der Waals surface area (Å²) in [4.78, 5) is 54.9. The van der Waals surface area contributed by atoms with E-state index in [0.717, 1.165) is 23.3 Å². The Labute approximate surface area is 275 Å². The third-order valence-electron chi connectivity index (χ3n) is 6.94. The highest BCUT2D eigenvalue weighted by Crippen LogP contribution is 2.35. The molecule has 2 N–H and O–H groups in total. The van der Waals surface area contributed by atoms with E-state index >= 15 is 0 Å². The summed E-state index contributed by atoms with van der Waals surface area (Å²) < 4.78 is 25.8. The van der Waals surface area contributed by atoms with Crippen molar-refractivity contribution in [3.8, 4) is 11.5 Å². The third-order valence-corrected chi connectivity index (χ3v) is 8.53. The predicted octanol–water partition coefficient (Wildman–Crippen LogP) is 6.12. The van der Waals surface area contributed by atoms with Gasteiger partial charge in [0.15, 0.2) is 11.5 Å². The minimum Gasteiger partial charge on any atom is -0.454 e. The normalized spacial score (nSPS) is 13.6. The zero-order chi connectivity index (χ0) is 32.9. The lowest BCUT2D eigenvalue weighted by atomic mass is 10.0. The molecule has 0 spiro atoms. The van der Waals surface area contributed by atoms with Crippen molar-refractivity contribution < 1.29 is 42.9 Å². The molecule has 3 amide bonds. The van der Waals surface area contributed by atoms with Crippen LogP contribution in [-0.4, -0.2) is 54.7 Å². The van der Waals surface area contributed by atoms with Crippen molar-refractivity contribution in [3.63, 3.8) is 0 Å². The lowest BCUT2D eigenvalue weighted by Gasteiger charge is -2.28. The third kappa shape index (κ3) is 10.4. The number of hydrogen-bond acceptors (Lipinski definition) is 11. The summed E-state index contributed by atoms with van der Waals surface area (Å²) in [5, 5.41) is 11.6. The Morgan fingerprint density at radius 3 is 2.54 bits per heavy atom. The number of ether oxygens (including phenoxy) is 5. The van der Waals surface area contributed by atoms with E-state index in [-0.39, 0.29) is 25.7 Å². The van der Waals surface area contributed by atoms with Crippen LogP contribution in [0.4, 0.5) is 9.59 Å². The highest BCUT2D eigenvalue weighted by atomic mass is 32.1. The highest BCUT2D eigenvalue weighted by molar-refractivity contribution is 7.09. The van der Waals surface area contributed by atoms with Gasteiger partial charge in [-0.1, -0.05) is 31.9 Å². The van der Waals surface area contributed by atoms with Crippen molar-refractivity contribution in [1.29, 1.82) is 0 Å². The second-order valence-corrected chi connectivity index (χ2v) is 12.3. The first kappa shape index (κ1) is 34.6. The summed E-state index contributed by atoms with van der Waals surface area (Å²) in [5.74, 6) is 0.0573. The molecule has 1 aliphatic heterocycles. The average Bonchev–Trinajstić information content (AvgIpc) is 3.81. The summed E-state index contributed by atoms with van der Waals surface area (Å²) in [6, 6.07) is 8.64. The fourth-order valence-corrected chi connectivity index (χ4v) is 6.12. The van der Waals surface area contributed by atoms with Gasteiger partial charge in [0.1, 0.15) is 6.04 Å². The minimum absolute atomic E-state index is 0.0523. The number of carbonyl (C=O) groups excluding carboxylic acids is 4. The fourth-order valence-electron chi connectivity index (χ4n) is 4.74. The number of carbonyl (C=O) groups is 4. The van der Waals surface area contributed by atoms with Gasteiger partial charge < -0.3 is 39.2 Å². The van der Waals surface area contributed by atoms with Crippen molar-refractivity contribution in [3.05, 3.63) is 68.5 Å². The molecule has 1 unspecified atom stereocenters. The van der Waals surface area contributed by atoms with Gasteiger partial charge in [0.05, 0.1) is 25.6 Å².